The summed E-state index contributed by atoms with van der Waals surface area (Å²) in [6.45, 7) is 3.63. The number of thiophene rings is 1. The van der Waals surface area contributed by atoms with E-state index in [-0.39, 0.29) is 0 Å². The molecule has 21 heavy (non-hydrogen) atoms. The molecule has 3 heteroatoms. The Kier molecular flexibility index (Phi) is 5.85. The maximum atomic E-state index is 5.68. The van der Waals surface area contributed by atoms with Gasteiger partial charge in [-0.1, -0.05) is 36.9 Å². The predicted octanol–water partition coefficient (Wildman–Crippen LogP) is 5.33. The lowest BCUT2D eigenvalue weighted by Crippen LogP contribution is -1.83. The van der Waals surface area contributed by atoms with Crippen LogP contribution in [0.4, 0.5) is 0 Å². The molecule has 0 saturated heterocycles. The van der Waals surface area contributed by atoms with Crippen molar-refractivity contribution < 1.29 is 9.15 Å². The Morgan fingerprint density at radius 1 is 1.33 bits per heavy atom. The summed E-state index contributed by atoms with van der Waals surface area (Å²) in [4.78, 5) is 1.34. The van der Waals surface area contributed by atoms with Gasteiger partial charge >= 0.3 is 0 Å². The van der Waals surface area contributed by atoms with Crippen LogP contribution in [0.2, 0.25) is 0 Å². The van der Waals surface area contributed by atoms with Crippen molar-refractivity contribution in [2.24, 2.45) is 0 Å². The van der Waals surface area contributed by atoms with Crippen LogP contribution >= 0.6 is 11.3 Å². The van der Waals surface area contributed by atoms with E-state index in [9.17, 15) is 0 Å². The summed E-state index contributed by atoms with van der Waals surface area (Å²) in [5.74, 6) is 2.19. The van der Waals surface area contributed by atoms with Crippen LogP contribution in [0.5, 0.6) is 0 Å². The Morgan fingerprint density at radius 3 is 2.95 bits per heavy atom. The zero-order valence-electron chi connectivity index (χ0n) is 12.0. The molecular formula is C18H18O2S. The zero-order valence-corrected chi connectivity index (χ0v) is 12.8. The highest BCUT2D eigenvalue weighted by molar-refractivity contribution is 7.09. The molecule has 0 aromatic carbocycles. The van der Waals surface area contributed by atoms with Gasteiger partial charge in [0.2, 0.25) is 0 Å². The number of methoxy groups -OCH3 is 1. The molecule has 2 rings (SSSR count). The first-order valence-electron chi connectivity index (χ1n) is 6.66. The molecule has 2 aromatic heterocycles. The van der Waals surface area contributed by atoms with Crippen molar-refractivity contribution in [3.63, 3.8) is 0 Å². The number of rotatable bonds is 7. The lowest BCUT2D eigenvalue weighted by atomic mass is 10.3. The number of hydrogen-bond acceptors (Lipinski definition) is 3. The molecule has 0 aliphatic heterocycles. The third-order valence-corrected chi connectivity index (χ3v) is 3.67. The first kappa shape index (κ1) is 15.1. The quantitative estimate of drug-likeness (QED) is 0.509. The van der Waals surface area contributed by atoms with Gasteiger partial charge in [0, 0.05) is 11.3 Å². The van der Waals surface area contributed by atoms with E-state index in [2.05, 4.69) is 30.2 Å². The van der Waals surface area contributed by atoms with Crippen LogP contribution < -0.4 is 0 Å². The monoisotopic (exact) mass is 298 g/mol. The van der Waals surface area contributed by atoms with E-state index >= 15 is 0 Å². The number of allylic oxidation sites excluding steroid dienone is 5. The fourth-order valence-electron chi connectivity index (χ4n) is 1.76. The molecule has 0 fully saturated rings. The smallest absolute Gasteiger partial charge is 0.169 e. The second-order valence-corrected chi connectivity index (χ2v) is 5.28. The molecule has 0 amide bonds. The van der Waals surface area contributed by atoms with E-state index in [1.165, 1.54) is 4.88 Å². The minimum Gasteiger partial charge on any atom is -0.493 e. The van der Waals surface area contributed by atoms with E-state index < -0.39 is 0 Å². The Bertz CT molecular complexity index is 643. The van der Waals surface area contributed by atoms with Crippen molar-refractivity contribution in [3.8, 4) is 0 Å². The van der Waals surface area contributed by atoms with Gasteiger partial charge in [0.15, 0.2) is 11.5 Å². The highest BCUT2D eigenvalue weighted by Gasteiger charge is 2.05. The van der Waals surface area contributed by atoms with Crippen molar-refractivity contribution in [1.82, 2.24) is 0 Å². The first-order valence-corrected chi connectivity index (χ1v) is 7.54. The van der Waals surface area contributed by atoms with E-state index in [4.69, 9.17) is 9.15 Å². The second-order valence-electron chi connectivity index (χ2n) is 4.24. The summed E-state index contributed by atoms with van der Waals surface area (Å²) < 4.78 is 11.0. The minimum absolute atomic E-state index is 0.704. The van der Waals surface area contributed by atoms with E-state index in [1.807, 2.05) is 36.4 Å². The fraction of sp³-hybridized carbons (Fsp3) is 0.111. The van der Waals surface area contributed by atoms with Crippen LogP contribution in [0.15, 0.2) is 71.0 Å². The van der Waals surface area contributed by atoms with Gasteiger partial charge in [-0.3, -0.25) is 0 Å². The number of ether oxygens (including phenoxy) is 1. The van der Waals surface area contributed by atoms with Gasteiger partial charge in [-0.05, 0) is 35.7 Å². The molecule has 2 heterocycles. The van der Waals surface area contributed by atoms with Gasteiger partial charge < -0.3 is 9.15 Å². The second kappa shape index (κ2) is 8.12. The highest BCUT2D eigenvalue weighted by atomic mass is 32.1. The predicted molar refractivity (Wildman–Crippen MR) is 90.1 cm³/mol. The molecule has 0 radical (unpaired) electrons. The van der Waals surface area contributed by atoms with Crippen LogP contribution in [-0.4, -0.2) is 7.11 Å². The Balaban J connectivity index is 2.02. The normalized spacial score (nSPS) is 12.3. The number of hydrogen-bond donors (Lipinski definition) is 0. The summed E-state index contributed by atoms with van der Waals surface area (Å²) in [6.07, 6.45) is 12.3. The lowest BCUT2D eigenvalue weighted by molar-refractivity contribution is 0.351. The van der Waals surface area contributed by atoms with Crippen LogP contribution in [-0.2, 0) is 11.2 Å². The zero-order chi connectivity index (χ0) is 14.9. The summed E-state index contributed by atoms with van der Waals surface area (Å²) in [5, 5.41) is 2.08. The maximum Gasteiger partial charge on any atom is 0.169 e. The molecule has 0 spiro atoms. The van der Waals surface area contributed by atoms with E-state index in [0.29, 0.717) is 11.5 Å². The maximum absolute atomic E-state index is 5.68. The third-order valence-electron chi connectivity index (χ3n) is 2.77. The van der Waals surface area contributed by atoms with Gasteiger partial charge in [0.05, 0.1) is 7.11 Å². The van der Waals surface area contributed by atoms with Crippen LogP contribution in [0, 0.1) is 0 Å². The average molecular weight is 298 g/mol. The van der Waals surface area contributed by atoms with E-state index in [1.54, 1.807) is 24.5 Å². The standard InChI is InChI=1S/C18H18O2S/c1-3-4-8-15-12-13-18(20-15)17(19-2)11-6-5-9-16-10-7-14-21-16/h3-8,10-14H,1,9H2,2H3/b6-5+,8-4+,17-11-. The molecular weight excluding hydrogens is 280 g/mol. The molecule has 108 valence electrons. The van der Waals surface area contributed by atoms with Gasteiger partial charge in [0.25, 0.3) is 0 Å². The molecule has 0 unspecified atom stereocenters. The Morgan fingerprint density at radius 2 is 2.24 bits per heavy atom. The van der Waals surface area contributed by atoms with Crippen LogP contribution in [0.25, 0.3) is 11.8 Å². The topological polar surface area (TPSA) is 22.4 Å². The summed E-state index contributed by atoms with van der Waals surface area (Å²) >= 11 is 1.76. The lowest BCUT2D eigenvalue weighted by Gasteiger charge is -2.00. The molecule has 0 aliphatic carbocycles. The van der Waals surface area contributed by atoms with E-state index in [0.717, 1.165) is 12.2 Å². The SMILES string of the molecule is C=C/C=C/c1ccc(/C(=C/C=C/Cc2cccs2)OC)o1. The molecule has 2 aromatic rings. The average Bonchev–Trinajstić information content (AvgIpc) is 3.17. The Hall–Kier alpha value is -2.26. The van der Waals surface area contributed by atoms with Gasteiger partial charge in [-0.15, -0.1) is 11.3 Å². The summed E-state index contributed by atoms with van der Waals surface area (Å²) in [6, 6.07) is 7.98. The van der Waals surface area contributed by atoms with Crippen molar-refractivity contribution in [3.05, 3.63) is 83.0 Å². The summed E-state index contributed by atoms with van der Waals surface area (Å²) in [7, 11) is 1.64. The largest absolute Gasteiger partial charge is 0.493 e. The highest BCUT2D eigenvalue weighted by Crippen LogP contribution is 2.19. The van der Waals surface area contributed by atoms with Crippen molar-refractivity contribution >= 4 is 23.2 Å². The molecule has 0 N–H and O–H groups in total. The Labute approximate surface area is 129 Å². The van der Waals surface area contributed by atoms with Gasteiger partial charge in [-0.25, -0.2) is 0 Å². The van der Waals surface area contributed by atoms with Crippen molar-refractivity contribution in [2.45, 2.75) is 6.42 Å². The summed E-state index contributed by atoms with van der Waals surface area (Å²) in [5.41, 5.74) is 0. The van der Waals surface area contributed by atoms with Gasteiger partial charge in [-0.2, -0.15) is 0 Å². The molecule has 2 nitrogen and oxygen atoms in total. The molecule has 0 saturated carbocycles. The van der Waals surface area contributed by atoms with Crippen LogP contribution in [0.3, 0.4) is 0 Å². The van der Waals surface area contributed by atoms with Crippen LogP contribution in [0.1, 0.15) is 16.4 Å². The fourth-order valence-corrected chi connectivity index (χ4v) is 2.44. The van der Waals surface area contributed by atoms with Crippen molar-refractivity contribution in [1.29, 1.82) is 0 Å². The molecule has 0 atom stereocenters. The first-order chi connectivity index (χ1) is 10.3. The third kappa shape index (κ3) is 4.65. The number of furan rings is 1. The molecule has 0 bridgehead atoms. The van der Waals surface area contributed by atoms with Gasteiger partial charge in [0.1, 0.15) is 5.76 Å². The molecule has 0 aliphatic rings. The minimum atomic E-state index is 0.704. The van der Waals surface area contributed by atoms with Crippen molar-refractivity contribution in [2.75, 3.05) is 7.11 Å².